The average molecular weight is 307 g/mol. The third-order valence-corrected chi connectivity index (χ3v) is 4.09. The van der Waals surface area contributed by atoms with E-state index in [1.165, 1.54) is 5.56 Å². The minimum atomic E-state index is 0.356. The molecule has 1 aromatic heterocycles. The normalized spacial score (nSPS) is 20.6. The fraction of sp³-hybridized carbons (Fsp3) is 0.333. The number of nitrogens with one attached hydrogen (secondary N) is 2. The summed E-state index contributed by atoms with van der Waals surface area (Å²) < 4.78 is 0. The largest absolute Gasteiger partial charge is 0.299 e. The third-order valence-electron chi connectivity index (χ3n) is 4.09. The molecule has 0 aliphatic carbocycles. The molecule has 0 bridgehead atoms. The van der Waals surface area contributed by atoms with Gasteiger partial charge in [-0.25, -0.2) is 5.43 Å². The standard InChI is InChI=1S/C18H21N5/c1-23(12-16-9-14(11-19)7-8-20-16)13-17-10-18(22-21-17)15-5-3-2-4-6-15/h2-9,17-18,21-22H,10,12-13H2,1H3. The molecule has 1 aliphatic rings. The monoisotopic (exact) mass is 307 g/mol. The first-order valence-electron chi connectivity index (χ1n) is 7.84. The summed E-state index contributed by atoms with van der Waals surface area (Å²) >= 11 is 0. The highest BCUT2D eigenvalue weighted by Gasteiger charge is 2.25. The minimum Gasteiger partial charge on any atom is -0.299 e. The SMILES string of the molecule is CN(Cc1cc(C#N)ccn1)CC1CC(c2ccccc2)NN1. The number of likely N-dealkylation sites (N-methyl/N-ethyl adjacent to an activating group) is 1. The Bertz CT molecular complexity index is 679. The quantitative estimate of drug-likeness (QED) is 0.884. The fourth-order valence-electron chi connectivity index (χ4n) is 3.00. The van der Waals surface area contributed by atoms with Gasteiger partial charge in [0.1, 0.15) is 0 Å². The van der Waals surface area contributed by atoms with Crippen molar-refractivity contribution in [2.75, 3.05) is 13.6 Å². The van der Waals surface area contributed by atoms with Crippen molar-refractivity contribution in [3.63, 3.8) is 0 Å². The number of hydrogen-bond acceptors (Lipinski definition) is 5. The van der Waals surface area contributed by atoms with E-state index in [1.54, 1.807) is 12.3 Å². The highest BCUT2D eigenvalue weighted by atomic mass is 15.4. The molecular weight excluding hydrogens is 286 g/mol. The smallest absolute Gasteiger partial charge is 0.0992 e. The molecule has 0 saturated carbocycles. The molecule has 2 atom stereocenters. The zero-order valence-corrected chi connectivity index (χ0v) is 13.2. The highest BCUT2D eigenvalue weighted by Crippen LogP contribution is 2.22. The molecular formula is C18H21N5. The van der Waals surface area contributed by atoms with Crippen LogP contribution in [0.25, 0.3) is 0 Å². The number of hydrogen-bond donors (Lipinski definition) is 2. The number of benzene rings is 1. The third kappa shape index (κ3) is 4.14. The van der Waals surface area contributed by atoms with Crippen LogP contribution in [-0.4, -0.2) is 29.5 Å². The summed E-state index contributed by atoms with van der Waals surface area (Å²) in [6.07, 6.45) is 2.75. The number of rotatable bonds is 5. The molecule has 3 rings (SSSR count). The lowest BCUT2D eigenvalue weighted by Crippen LogP contribution is -2.38. The Kier molecular flexibility index (Phi) is 4.99. The second kappa shape index (κ2) is 7.34. The molecule has 2 N–H and O–H groups in total. The molecule has 0 radical (unpaired) electrons. The number of nitrogens with zero attached hydrogens (tertiary/aromatic N) is 3. The van der Waals surface area contributed by atoms with Crippen LogP contribution in [0.2, 0.25) is 0 Å². The number of aromatic nitrogens is 1. The lowest BCUT2D eigenvalue weighted by molar-refractivity contribution is 0.286. The molecule has 118 valence electrons. The molecule has 2 unspecified atom stereocenters. The Morgan fingerprint density at radius 3 is 2.87 bits per heavy atom. The van der Waals surface area contributed by atoms with Crippen LogP contribution in [-0.2, 0) is 6.54 Å². The van der Waals surface area contributed by atoms with Crippen molar-refractivity contribution in [3.05, 3.63) is 65.5 Å². The summed E-state index contributed by atoms with van der Waals surface area (Å²) in [6.45, 7) is 1.67. The summed E-state index contributed by atoms with van der Waals surface area (Å²) in [7, 11) is 2.08. The molecule has 0 amide bonds. The highest BCUT2D eigenvalue weighted by molar-refractivity contribution is 5.28. The minimum absolute atomic E-state index is 0.356. The van der Waals surface area contributed by atoms with Crippen molar-refractivity contribution in [2.45, 2.75) is 25.0 Å². The molecule has 5 nitrogen and oxygen atoms in total. The van der Waals surface area contributed by atoms with Crippen molar-refractivity contribution >= 4 is 0 Å². The molecule has 5 heteroatoms. The van der Waals surface area contributed by atoms with Gasteiger partial charge in [0.05, 0.1) is 17.3 Å². The van der Waals surface area contributed by atoms with E-state index in [9.17, 15) is 0 Å². The van der Waals surface area contributed by atoms with E-state index in [4.69, 9.17) is 5.26 Å². The maximum atomic E-state index is 8.95. The number of hydrazine groups is 1. The van der Waals surface area contributed by atoms with Crippen LogP contribution in [0.5, 0.6) is 0 Å². The summed E-state index contributed by atoms with van der Waals surface area (Å²) in [5.74, 6) is 0. The molecule has 23 heavy (non-hydrogen) atoms. The summed E-state index contributed by atoms with van der Waals surface area (Å²) in [5, 5.41) is 8.95. The lowest BCUT2D eigenvalue weighted by Gasteiger charge is -2.20. The van der Waals surface area contributed by atoms with Gasteiger partial charge in [0.15, 0.2) is 0 Å². The van der Waals surface area contributed by atoms with Gasteiger partial charge >= 0.3 is 0 Å². The Balaban J connectivity index is 1.53. The van der Waals surface area contributed by atoms with Crippen LogP contribution in [0.4, 0.5) is 0 Å². The Labute approximate surface area is 136 Å². The first-order valence-corrected chi connectivity index (χ1v) is 7.84. The second-order valence-corrected chi connectivity index (χ2v) is 6.03. The van der Waals surface area contributed by atoms with Gasteiger partial charge in [-0.2, -0.15) is 5.26 Å². The van der Waals surface area contributed by atoms with Gasteiger partial charge in [-0.05, 0) is 31.2 Å². The molecule has 2 aromatic rings. The van der Waals surface area contributed by atoms with Crippen LogP contribution < -0.4 is 10.9 Å². The van der Waals surface area contributed by atoms with E-state index < -0.39 is 0 Å². The van der Waals surface area contributed by atoms with E-state index in [2.05, 4.69) is 58.1 Å². The molecule has 2 heterocycles. The van der Waals surface area contributed by atoms with E-state index in [1.807, 2.05) is 12.1 Å². The van der Waals surface area contributed by atoms with Crippen molar-refractivity contribution in [3.8, 4) is 6.07 Å². The summed E-state index contributed by atoms with van der Waals surface area (Å²) in [6, 6.07) is 17.0. The fourth-order valence-corrected chi connectivity index (χ4v) is 3.00. The van der Waals surface area contributed by atoms with Crippen molar-refractivity contribution < 1.29 is 0 Å². The van der Waals surface area contributed by atoms with Gasteiger partial charge in [-0.1, -0.05) is 30.3 Å². The predicted molar refractivity (Wildman–Crippen MR) is 89.1 cm³/mol. The Morgan fingerprint density at radius 1 is 1.26 bits per heavy atom. The molecule has 1 aliphatic heterocycles. The average Bonchev–Trinajstić information content (AvgIpc) is 3.04. The van der Waals surface area contributed by atoms with Gasteiger partial charge in [0.2, 0.25) is 0 Å². The maximum absolute atomic E-state index is 8.95. The molecule has 1 saturated heterocycles. The van der Waals surface area contributed by atoms with Crippen molar-refractivity contribution in [1.82, 2.24) is 20.7 Å². The maximum Gasteiger partial charge on any atom is 0.0992 e. The van der Waals surface area contributed by atoms with Gasteiger partial charge in [0.25, 0.3) is 0 Å². The van der Waals surface area contributed by atoms with Crippen LogP contribution in [0.1, 0.15) is 29.3 Å². The van der Waals surface area contributed by atoms with E-state index >= 15 is 0 Å². The zero-order valence-electron chi connectivity index (χ0n) is 13.2. The first-order chi connectivity index (χ1) is 11.2. The van der Waals surface area contributed by atoms with E-state index in [0.717, 1.165) is 25.2 Å². The number of pyridine rings is 1. The van der Waals surface area contributed by atoms with Crippen molar-refractivity contribution in [1.29, 1.82) is 5.26 Å². The molecule has 1 fully saturated rings. The van der Waals surface area contributed by atoms with Crippen LogP contribution in [0, 0.1) is 11.3 Å². The molecule has 1 aromatic carbocycles. The second-order valence-electron chi connectivity index (χ2n) is 6.03. The Hall–Kier alpha value is -2.26. The summed E-state index contributed by atoms with van der Waals surface area (Å²) in [5.41, 5.74) is 9.66. The van der Waals surface area contributed by atoms with Gasteiger partial charge < -0.3 is 0 Å². The van der Waals surface area contributed by atoms with Gasteiger partial charge in [0, 0.05) is 31.4 Å². The molecule has 0 spiro atoms. The van der Waals surface area contributed by atoms with Crippen LogP contribution >= 0.6 is 0 Å². The number of nitriles is 1. The predicted octanol–water partition coefficient (Wildman–Crippen LogP) is 1.99. The van der Waals surface area contributed by atoms with Crippen LogP contribution in [0.3, 0.4) is 0 Å². The Morgan fingerprint density at radius 2 is 2.09 bits per heavy atom. The first kappa shape index (κ1) is 15.6. The topological polar surface area (TPSA) is 64.0 Å². The summed E-state index contributed by atoms with van der Waals surface area (Å²) in [4.78, 5) is 6.57. The van der Waals surface area contributed by atoms with Gasteiger partial charge in [-0.3, -0.25) is 15.3 Å². The van der Waals surface area contributed by atoms with Gasteiger partial charge in [-0.15, -0.1) is 0 Å². The van der Waals surface area contributed by atoms with Crippen molar-refractivity contribution in [2.24, 2.45) is 0 Å². The van der Waals surface area contributed by atoms with E-state index in [0.29, 0.717) is 17.6 Å². The van der Waals surface area contributed by atoms with E-state index in [-0.39, 0.29) is 0 Å². The zero-order chi connectivity index (χ0) is 16.1. The van der Waals surface area contributed by atoms with Crippen LogP contribution in [0.15, 0.2) is 48.7 Å². The lowest BCUT2D eigenvalue weighted by atomic mass is 10.0.